The molecule has 0 spiro atoms. The van der Waals surface area contributed by atoms with Crippen LogP contribution in [-0.2, 0) is 4.79 Å². The average Bonchev–Trinajstić information content (AvgIpc) is 2.88. The van der Waals surface area contributed by atoms with Gasteiger partial charge in [-0.25, -0.2) is 0 Å². The van der Waals surface area contributed by atoms with Gasteiger partial charge in [-0.2, -0.15) is 0 Å². The first kappa shape index (κ1) is 10.6. The zero-order chi connectivity index (χ0) is 11.3. The van der Waals surface area contributed by atoms with Crippen molar-refractivity contribution in [2.75, 3.05) is 6.54 Å². The molecular formula is C14H23NO. The highest BCUT2D eigenvalue weighted by molar-refractivity contribution is 5.79. The van der Waals surface area contributed by atoms with Gasteiger partial charge >= 0.3 is 0 Å². The van der Waals surface area contributed by atoms with E-state index in [2.05, 4.69) is 18.7 Å². The van der Waals surface area contributed by atoms with E-state index in [-0.39, 0.29) is 0 Å². The number of rotatable bonds is 1. The van der Waals surface area contributed by atoms with Crippen molar-refractivity contribution in [1.82, 2.24) is 4.90 Å². The van der Waals surface area contributed by atoms with Gasteiger partial charge in [-0.05, 0) is 56.8 Å². The minimum absolute atomic E-state index is 0.386. The van der Waals surface area contributed by atoms with Crippen LogP contribution in [0.4, 0.5) is 0 Å². The van der Waals surface area contributed by atoms with Gasteiger partial charge in [0.25, 0.3) is 0 Å². The summed E-state index contributed by atoms with van der Waals surface area (Å²) in [5.41, 5.74) is 0. The SMILES string of the molecule is CC1CCC(C)N(C(=O)C2CC3CC3C2)C1. The van der Waals surface area contributed by atoms with Crippen LogP contribution < -0.4 is 0 Å². The molecule has 0 bridgehead atoms. The Morgan fingerprint density at radius 1 is 1.06 bits per heavy atom. The summed E-state index contributed by atoms with van der Waals surface area (Å²) < 4.78 is 0. The molecule has 0 aromatic carbocycles. The normalized spacial score (nSPS) is 46.6. The topological polar surface area (TPSA) is 20.3 Å². The second-order valence-corrected chi connectivity index (χ2v) is 6.45. The Labute approximate surface area is 98.4 Å². The van der Waals surface area contributed by atoms with Crippen LogP contribution in [0, 0.1) is 23.7 Å². The lowest BCUT2D eigenvalue weighted by molar-refractivity contribution is -0.140. The van der Waals surface area contributed by atoms with Crippen molar-refractivity contribution in [3.63, 3.8) is 0 Å². The van der Waals surface area contributed by atoms with Gasteiger partial charge in [0.15, 0.2) is 0 Å². The van der Waals surface area contributed by atoms with Gasteiger partial charge in [-0.15, -0.1) is 0 Å². The summed E-state index contributed by atoms with van der Waals surface area (Å²) in [7, 11) is 0. The molecule has 3 rings (SSSR count). The van der Waals surface area contributed by atoms with E-state index in [1.54, 1.807) is 0 Å². The molecule has 3 aliphatic rings. The average molecular weight is 221 g/mol. The quantitative estimate of drug-likeness (QED) is 0.666. The fraction of sp³-hybridized carbons (Fsp3) is 0.929. The maximum Gasteiger partial charge on any atom is 0.225 e. The number of piperidine rings is 1. The Hall–Kier alpha value is -0.530. The monoisotopic (exact) mass is 221 g/mol. The predicted molar refractivity (Wildman–Crippen MR) is 63.9 cm³/mol. The van der Waals surface area contributed by atoms with Gasteiger partial charge < -0.3 is 4.90 Å². The molecule has 90 valence electrons. The largest absolute Gasteiger partial charge is 0.339 e. The highest BCUT2D eigenvalue weighted by Crippen LogP contribution is 2.54. The zero-order valence-electron chi connectivity index (χ0n) is 10.5. The Morgan fingerprint density at radius 3 is 2.44 bits per heavy atom. The molecule has 2 saturated carbocycles. The summed E-state index contributed by atoms with van der Waals surface area (Å²) in [4.78, 5) is 14.6. The molecule has 2 nitrogen and oxygen atoms in total. The van der Waals surface area contributed by atoms with Crippen LogP contribution in [0.25, 0.3) is 0 Å². The molecule has 1 heterocycles. The molecule has 2 heteroatoms. The summed E-state index contributed by atoms with van der Waals surface area (Å²) in [6.07, 6.45) is 6.30. The van der Waals surface area contributed by atoms with Crippen molar-refractivity contribution in [1.29, 1.82) is 0 Å². The van der Waals surface area contributed by atoms with Crippen LogP contribution in [0.2, 0.25) is 0 Å². The van der Waals surface area contributed by atoms with E-state index in [0.29, 0.717) is 23.8 Å². The number of hydrogen-bond acceptors (Lipinski definition) is 1. The number of amides is 1. The fourth-order valence-electron chi connectivity index (χ4n) is 3.75. The van der Waals surface area contributed by atoms with E-state index in [1.165, 1.54) is 32.1 Å². The van der Waals surface area contributed by atoms with Gasteiger partial charge in [0.1, 0.15) is 0 Å². The van der Waals surface area contributed by atoms with Crippen LogP contribution in [0.5, 0.6) is 0 Å². The lowest BCUT2D eigenvalue weighted by atomic mass is 9.92. The molecule has 4 atom stereocenters. The third-order valence-corrected chi connectivity index (χ3v) is 4.99. The minimum atomic E-state index is 0.386. The van der Waals surface area contributed by atoms with Gasteiger partial charge in [-0.3, -0.25) is 4.79 Å². The van der Waals surface area contributed by atoms with Gasteiger partial charge in [-0.1, -0.05) is 6.92 Å². The van der Waals surface area contributed by atoms with Crippen LogP contribution in [0.3, 0.4) is 0 Å². The Morgan fingerprint density at radius 2 is 1.75 bits per heavy atom. The molecule has 1 aliphatic heterocycles. The summed E-state index contributed by atoms with van der Waals surface area (Å²) in [6, 6.07) is 0.487. The first-order valence-corrected chi connectivity index (χ1v) is 6.95. The summed E-state index contributed by atoms with van der Waals surface area (Å²) in [6.45, 7) is 5.50. The van der Waals surface area contributed by atoms with Crippen molar-refractivity contribution < 1.29 is 4.79 Å². The maximum atomic E-state index is 12.4. The van der Waals surface area contributed by atoms with Crippen molar-refractivity contribution >= 4 is 5.91 Å². The van der Waals surface area contributed by atoms with E-state index in [1.807, 2.05) is 0 Å². The number of nitrogens with zero attached hydrogens (tertiary/aromatic N) is 1. The van der Waals surface area contributed by atoms with E-state index < -0.39 is 0 Å². The minimum Gasteiger partial charge on any atom is -0.339 e. The molecule has 4 unspecified atom stereocenters. The molecule has 1 saturated heterocycles. The van der Waals surface area contributed by atoms with Gasteiger partial charge in [0.05, 0.1) is 0 Å². The first-order chi connectivity index (χ1) is 7.65. The van der Waals surface area contributed by atoms with Crippen molar-refractivity contribution in [3.8, 4) is 0 Å². The highest BCUT2D eigenvalue weighted by Gasteiger charge is 2.49. The molecule has 1 amide bonds. The van der Waals surface area contributed by atoms with E-state index >= 15 is 0 Å². The summed E-state index contributed by atoms with van der Waals surface area (Å²) in [5.74, 6) is 3.41. The van der Waals surface area contributed by atoms with Crippen LogP contribution in [0.15, 0.2) is 0 Å². The van der Waals surface area contributed by atoms with Crippen LogP contribution in [0.1, 0.15) is 46.0 Å². The molecule has 3 fully saturated rings. The highest BCUT2D eigenvalue weighted by atomic mass is 16.2. The van der Waals surface area contributed by atoms with Crippen LogP contribution in [-0.4, -0.2) is 23.4 Å². The van der Waals surface area contributed by atoms with E-state index in [0.717, 1.165) is 18.4 Å². The predicted octanol–water partition coefficient (Wildman–Crippen LogP) is 2.68. The second kappa shape index (κ2) is 3.75. The van der Waals surface area contributed by atoms with Crippen molar-refractivity contribution in [3.05, 3.63) is 0 Å². The van der Waals surface area contributed by atoms with Crippen molar-refractivity contribution in [2.45, 2.75) is 52.0 Å². The fourth-order valence-corrected chi connectivity index (χ4v) is 3.75. The van der Waals surface area contributed by atoms with E-state index in [9.17, 15) is 4.79 Å². The summed E-state index contributed by atoms with van der Waals surface area (Å²) in [5, 5.41) is 0. The Bertz CT molecular complexity index is 291. The third kappa shape index (κ3) is 1.76. The lowest BCUT2D eigenvalue weighted by Gasteiger charge is -2.38. The molecule has 0 radical (unpaired) electrons. The molecule has 16 heavy (non-hydrogen) atoms. The number of likely N-dealkylation sites (tertiary alicyclic amines) is 1. The van der Waals surface area contributed by atoms with Gasteiger partial charge in [0, 0.05) is 18.5 Å². The number of hydrogen-bond donors (Lipinski definition) is 0. The molecule has 0 N–H and O–H groups in total. The lowest BCUT2D eigenvalue weighted by Crippen LogP contribution is -2.47. The molecular weight excluding hydrogens is 198 g/mol. The Kier molecular flexibility index (Phi) is 2.49. The zero-order valence-corrected chi connectivity index (χ0v) is 10.5. The molecule has 0 aromatic rings. The smallest absolute Gasteiger partial charge is 0.225 e. The van der Waals surface area contributed by atoms with Crippen LogP contribution >= 0.6 is 0 Å². The first-order valence-electron chi connectivity index (χ1n) is 6.95. The Balaban J connectivity index is 1.64. The molecule has 0 aromatic heterocycles. The number of carbonyl (C=O) groups is 1. The molecule has 2 aliphatic carbocycles. The maximum absolute atomic E-state index is 12.4. The summed E-state index contributed by atoms with van der Waals surface area (Å²) >= 11 is 0. The second-order valence-electron chi connectivity index (χ2n) is 6.45. The van der Waals surface area contributed by atoms with Gasteiger partial charge in [0.2, 0.25) is 5.91 Å². The standard InChI is InChI=1S/C14H23NO/c1-9-3-4-10(2)15(8-9)14(16)13-6-11-5-12(11)7-13/h9-13H,3-8H2,1-2H3. The third-order valence-electron chi connectivity index (χ3n) is 4.99. The number of fused-ring (bicyclic) bond motifs is 1. The van der Waals surface area contributed by atoms with E-state index in [4.69, 9.17) is 0 Å². The van der Waals surface area contributed by atoms with Crippen molar-refractivity contribution in [2.24, 2.45) is 23.7 Å². The number of carbonyl (C=O) groups excluding carboxylic acids is 1.